The molecule has 1 heterocycles. The van der Waals surface area contributed by atoms with Crippen LogP contribution in [0.15, 0.2) is 0 Å². The van der Waals surface area contributed by atoms with E-state index in [1.165, 1.54) is 18.7 Å². The average Bonchev–Trinajstić information content (AvgIpc) is 3.12. The molecule has 0 aromatic heterocycles. The van der Waals surface area contributed by atoms with Crippen LogP contribution in [-0.4, -0.2) is 76.1 Å². The summed E-state index contributed by atoms with van der Waals surface area (Å²) in [4.78, 5) is 62.5. The van der Waals surface area contributed by atoms with Crippen molar-refractivity contribution in [2.75, 3.05) is 6.54 Å². The highest BCUT2D eigenvalue weighted by atomic mass is 16.6. The summed E-state index contributed by atoms with van der Waals surface area (Å²) in [5.74, 6) is -3.04. The summed E-state index contributed by atoms with van der Waals surface area (Å²) in [6.07, 6.45) is 0.230. The fourth-order valence-corrected chi connectivity index (χ4v) is 3.26. The quantitative estimate of drug-likeness (QED) is 0.417. The third-order valence-electron chi connectivity index (χ3n) is 4.92. The first-order chi connectivity index (χ1) is 14.6. The topological polar surface area (TPSA) is 154 Å². The van der Waals surface area contributed by atoms with Crippen molar-refractivity contribution in [2.24, 2.45) is 5.92 Å². The van der Waals surface area contributed by atoms with Crippen LogP contribution in [0.4, 0.5) is 4.79 Å². The van der Waals surface area contributed by atoms with Gasteiger partial charge in [-0.25, -0.2) is 9.59 Å². The number of alkyl carbamates (subject to hydrolysis) is 1. The number of rotatable bonds is 8. The maximum absolute atomic E-state index is 12.9. The normalized spacial score (nSPS) is 19.0. The summed E-state index contributed by atoms with van der Waals surface area (Å²) in [7, 11) is 0. The fourth-order valence-electron chi connectivity index (χ4n) is 3.26. The molecule has 0 spiro atoms. The first-order valence-corrected chi connectivity index (χ1v) is 10.8. The molecule has 0 aromatic carbocycles. The van der Waals surface area contributed by atoms with Crippen molar-refractivity contribution >= 4 is 29.8 Å². The maximum Gasteiger partial charge on any atom is 0.408 e. The Morgan fingerprint density at radius 3 is 2.06 bits per heavy atom. The van der Waals surface area contributed by atoms with Crippen molar-refractivity contribution in [1.29, 1.82) is 0 Å². The minimum Gasteiger partial charge on any atom is -0.480 e. The molecule has 4 N–H and O–H groups in total. The Bertz CT molecular complexity index is 732. The van der Waals surface area contributed by atoms with Gasteiger partial charge < -0.3 is 30.7 Å². The molecular formula is C21H36N4O7. The van der Waals surface area contributed by atoms with Gasteiger partial charge in [0.2, 0.25) is 17.7 Å². The molecular weight excluding hydrogens is 420 g/mol. The predicted octanol–water partition coefficient (Wildman–Crippen LogP) is 0.621. The monoisotopic (exact) mass is 456 g/mol. The lowest BCUT2D eigenvalue weighted by Crippen LogP contribution is -2.57. The molecule has 11 heteroatoms. The highest BCUT2D eigenvalue weighted by molar-refractivity contribution is 5.94. The molecule has 0 saturated carbocycles. The highest BCUT2D eigenvalue weighted by Gasteiger charge is 2.38. The van der Waals surface area contributed by atoms with Gasteiger partial charge in [-0.1, -0.05) is 13.8 Å². The summed E-state index contributed by atoms with van der Waals surface area (Å²) in [5.41, 5.74) is -0.718. The Morgan fingerprint density at radius 1 is 0.969 bits per heavy atom. The number of carbonyl (C=O) groups is 5. The number of carboxylic acids is 1. The van der Waals surface area contributed by atoms with E-state index in [4.69, 9.17) is 4.74 Å². The Hall–Kier alpha value is -2.85. The van der Waals surface area contributed by atoms with Gasteiger partial charge in [0.1, 0.15) is 29.8 Å². The van der Waals surface area contributed by atoms with Crippen LogP contribution in [0.1, 0.15) is 61.3 Å². The van der Waals surface area contributed by atoms with Gasteiger partial charge in [-0.3, -0.25) is 14.4 Å². The van der Waals surface area contributed by atoms with Crippen LogP contribution in [0, 0.1) is 5.92 Å². The molecule has 0 radical (unpaired) electrons. The number of hydrogen-bond acceptors (Lipinski definition) is 6. The van der Waals surface area contributed by atoms with Crippen molar-refractivity contribution < 1.29 is 33.8 Å². The lowest BCUT2D eigenvalue weighted by Gasteiger charge is -2.29. The van der Waals surface area contributed by atoms with Crippen LogP contribution in [0.5, 0.6) is 0 Å². The summed E-state index contributed by atoms with van der Waals surface area (Å²) >= 11 is 0. The Labute approximate surface area is 188 Å². The first-order valence-electron chi connectivity index (χ1n) is 10.8. The van der Waals surface area contributed by atoms with Gasteiger partial charge in [-0.2, -0.15) is 0 Å². The van der Waals surface area contributed by atoms with Gasteiger partial charge in [-0.15, -0.1) is 0 Å². The molecule has 32 heavy (non-hydrogen) atoms. The molecule has 182 valence electrons. The van der Waals surface area contributed by atoms with Crippen LogP contribution < -0.4 is 16.0 Å². The predicted molar refractivity (Wildman–Crippen MR) is 116 cm³/mol. The molecule has 11 nitrogen and oxygen atoms in total. The molecule has 0 unspecified atom stereocenters. The Kier molecular flexibility index (Phi) is 9.47. The SMILES string of the molecule is CC(C)[C@H](NC(=O)[C@@H]1CCCN1C(=O)[C@H](C)NC(=O)[C@H](C)NC(=O)OC(C)(C)C)C(=O)O. The van der Waals surface area contributed by atoms with Gasteiger partial charge in [0.25, 0.3) is 0 Å². The smallest absolute Gasteiger partial charge is 0.408 e. The van der Waals surface area contributed by atoms with Gasteiger partial charge in [0.15, 0.2) is 0 Å². The van der Waals surface area contributed by atoms with Crippen molar-refractivity contribution in [3.8, 4) is 0 Å². The van der Waals surface area contributed by atoms with Crippen LogP contribution >= 0.6 is 0 Å². The number of nitrogens with one attached hydrogen (secondary N) is 3. The zero-order valence-corrected chi connectivity index (χ0v) is 19.9. The lowest BCUT2D eigenvalue weighted by molar-refractivity contribution is -0.145. The van der Waals surface area contributed by atoms with E-state index in [1.54, 1.807) is 34.6 Å². The maximum atomic E-state index is 12.9. The molecule has 0 bridgehead atoms. The Morgan fingerprint density at radius 2 is 1.56 bits per heavy atom. The molecule has 4 atom stereocenters. The number of likely N-dealkylation sites (tertiary alicyclic amines) is 1. The summed E-state index contributed by atoms with van der Waals surface area (Å²) in [6.45, 7) is 11.7. The molecule has 4 amide bonds. The van der Waals surface area contributed by atoms with Gasteiger partial charge in [-0.05, 0) is 53.4 Å². The van der Waals surface area contributed by atoms with E-state index in [0.717, 1.165) is 0 Å². The number of ether oxygens (including phenoxy) is 1. The van der Waals surface area contributed by atoms with Crippen LogP contribution in [-0.2, 0) is 23.9 Å². The van der Waals surface area contributed by atoms with Crippen molar-refractivity contribution in [1.82, 2.24) is 20.9 Å². The van der Waals surface area contributed by atoms with Crippen LogP contribution in [0.2, 0.25) is 0 Å². The number of carboxylic acid groups (broad SMARTS) is 1. The molecule has 1 aliphatic heterocycles. The van der Waals surface area contributed by atoms with E-state index >= 15 is 0 Å². The summed E-state index contributed by atoms with van der Waals surface area (Å²) in [5, 5.41) is 16.7. The second-order valence-electron chi connectivity index (χ2n) is 9.36. The third kappa shape index (κ3) is 8.01. The van der Waals surface area contributed by atoms with E-state index in [-0.39, 0.29) is 5.92 Å². The average molecular weight is 457 g/mol. The van der Waals surface area contributed by atoms with Crippen molar-refractivity contribution in [2.45, 2.75) is 91.1 Å². The number of carbonyl (C=O) groups excluding carboxylic acids is 4. The van der Waals surface area contributed by atoms with E-state index in [0.29, 0.717) is 19.4 Å². The molecule has 1 fully saturated rings. The second-order valence-corrected chi connectivity index (χ2v) is 9.36. The van der Waals surface area contributed by atoms with Gasteiger partial charge >= 0.3 is 12.1 Å². The molecule has 0 aromatic rings. The van der Waals surface area contributed by atoms with Crippen molar-refractivity contribution in [3.05, 3.63) is 0 Å². The minimum absolute atomic E-state index is 0.320. The standard InChI is InChI=1S/C21H36N4O7/c1-11(2)15(19(29)30)24-17(27)14-9-8-10-25(14)18(28)13(4)22-16(26)12(3)23-20(31)32-21(5,6)7/h11-15H,8-10H2,1-7H3,(H,22,26)(H,23,31)(H,24,27)(H,29,30)/t12-,13-,14-,15-/m0/s1. The lowest BCUT2D eigenvalue weighted by atomic mass is 10.0. The molecule has 1 aliphatic rings. The number of amides is 4. The molecule has 1 saturated heterocycles. The van der Waals surface area contributed by atoms with E-state index < -0.39 is 59.6 Å². The fraction of sp³-hybridized carbons (Fsp3) is 0.762. The highest BCUT2D eigenvalue weighted by Crippen LogP contribution is 2.19. The van der Waals surface area contributed by atoms with Crippen LogP contribution in [0.3, 0.4) is 0 Å². The molecule has 0 aliphatic carbocycles. The third-order valence-corrected chi connectivity index (χ3v) is 4.92. The minimum atomic E-state index is -1.14. The van der Waals surface area contributed by atoms with E-state index in [1.807, 2.05) is 0 Å². The summed E-state index contributed by atoms with van der Waals surface area (Å²) in [6, 6.07) is -3.75. The number of aliphatic carboxylic acids is 1. The van der Waals surface area contributed by atoms with Gasteiger partial charge in [0.05, 0.1) is 0 Å². The largest absolute Gasteiger partial charge is 0.480 e. The summed E-state index contributed by atoms with van der Waals surface area (Å²) < 4.78 is 5.11. The van der Waals surface area contributed by atoms with Crippen LogP contribution in [0.25, 0.3) is 0 Å². The van der Waals surface area contributed by atoms with Crippen molar-refractivity contribution in [3.63, 3.8) is 0 Å². The molecule has 1 rings (SSSR count). The first kappa shape index (κ1) is 27.2. The zero-order chi connectivity index (χ0) is 24.8. The van der Waals surface area contributed by atoms with Gasteiger partial charge in [0, 0.05) is 6.54 Å². The van der Waals surface area contributed by atoms with E-state index in [2.05, 4.69) is 16.0 Å². The second kappa shape index (κ2) is 11.1. The zero-order valence-electron chi connectivity index (χ0n) is 19.9. The van der Waals surface area contributed by atoms with E-state index in [9.17, 15) is 29.1 Å². The number of hydrogen-bond donors (Lipinski definition) is 4. The Balaban J connectivity index is 2.71. The number of nitrogens with zero attached hydrogens (tertiary/aromatic N) is 1.